The van der Waals surface area contributed by atoms with Crippen LogP contribution in [-0.4, -0.2) is 32.0 Å². The molecule has 0 heterocycles. The second kappa shape index (κ2) is 7.43. The Morgan fingerprint density at radius 1 is 1.32 bits per heavy atom. The molecule has 1 aromatic carbocycles. The van der Waals surface area contributed by atoms with Crippen molar-refractivity contribution < 1.29 is 36.6 Å². The molecule has 1 amide bonds. The van der Waals surface area contributed by atoms with Crippen molar-refractivity contribution in [2.45, 2.75) is 6.36 Å². The first-order valence-electron chi connectivity index (χ1n) is 5.78. The molecule has 0 radical (unpaired) electrons. The number of rotatable bonds is 5. The highest BCUT2D eigenvalue weighted by atomic mass is 19.4. The minimum atomic E-state index is -4.99. The van der Waals surface area contributed by atoms with Gasteiger partial charge in [-0.25, -0.2) is 9.18 Å². The van der Waals surface area contributed by atoms with Crippen LogP contribution in [0, 0.1) is 0 Å². The van der Waals surface area contributed by atoms with Gasteiger partial charge in [0.1, 0.15) is 18.0 Å². The predicted octanol–water partition coefficient (Wildman–Crippen LogP) is 2.84. The Hall–Kier alpha value is -2.58. The molecule has 1 N–H and O–H groups in total. The van der Waals surface area contributed by atoms with Gasteiger partial charge in [0, 0.05) is 11.8 Å². The van der Waals surface area contributed by atoms with Gasteiger partial charge in [-0.05, 0) is 24.3 Å². The molecule has 0 saturated carbocycles. The molecule has 0 aliphatic heterocycles. The number of methoxy groups -OCH3 is 1. The molecule has 5 nitrogen and oxygen atoms in total. The molecule has 1 aromatic rings. The van der Waals surface area contributed by atoms with E-state index < -0.39 is 36.2 Å². The number of amides is 1. The van der Waals surface area contributed by atoms with E-state index in [9.17, 15) is 27.2 Å². The monoisotopic (exact) mass is 321 g/mol. The van der Waals surface area contributed by atoms with Gasteiger partial charge in [-0.3, -0.25) is 4.79 Å². The summed E-state index contributed by atoms with van der Waals surface area (Å²) in [6.07, 6.45) is -3.15. The summed E-state index contributed by atoms with van der Waals surface area (Å²) in [5.41, 5.74) is -0.504. The first-order valence-corrected chi connectivity index (χ1v) is 5.78. The maximum absolute atomic E-state index is 12.3. The molecule has 0 fully saturated rings. The SMILES string of the molecule is COC(=O)c1cc(NC(=O)/C=C/CF)ccc1OC(F)(F)F. The van der Waals surface area contributed by atoms with Crippen molar-refractivity contribution in [3.63, 3.8) is 0 Å². The smallest absolute Gasteiger partial charge is 0.465 e. The molecule has 0 aliphatic rings. The summed E-state index contributed by atoms with van der Waals surface area (Å²) in [6, 6.07) is 2.90. The van der Waals surface area contributed by atoms with Crippen LogP contribution in [0.3, 0.4) is 0 Å². The average molecular weight is 321 g/mol. The van der Waals surface area contributed by atoms with Gasteiger partial charge in [0.25, 0.3) is 0 Å². The van der Waals surface area contributed by atoms with Crippen LogP contribution in [0.5, 0.6) is 5.75 Å². The third-order valence-electron chi connectivity index (χ3n) is 2.24. The van der Waals surface area contributed by atoms with E-state index in [4.69, 9.17) is 0 Å². The van der Waals surface area contributed by atoms with Gasteiger partial charge in [-0.2, -0.15) is 0 Å². The Bertz CT molecular complexity index is 584. The van der Waals surface area contributed by atoms with Crippen molar-refractivity contribution in [3.8, 4) is 5.75 Å². The topological polar surface area (TPSA) is 64.6 Å². The highest BCUT2D eigenvalue weighted by molar-refractivity contribution is 6.01. The standard InChI is InChI=1S/C13H11F4NO4/c1-21-12(20)9-7-8(18-11(19)3-2-6-14)4-5-10(9)22-13(15,16)17/h2-5,7H,6H2,1H3,(H,18,19)/b3-2+. The summed E-state index contributed by atoms with van der Waals surface area (Å²) >= 11 is 0. The highest BCUT2D eigenvalue weighted by Gasteiger charge is 2.33. The van der Waals surface area contributed by atoms with Crippen molar-refractivity contribution in [1.29, 1.82) is 0 Å². The number of halogens is 4. The number of hydrogen-bond acceptors (Lipinski definition) is 4. The van der Waals surface area contributed by atoms with E-state index in [-0.39, 0.29) is 5.69 Å². The second-order valence-electron chi connectivity index (χ2n) is 3.80. The van der Waals surface area contributed by atoms with E-state index in [1.165, 1.54) is 0 Å². The zero-order chi connectivity index (χ0) is 16.8. The fourth-order valence-electron chi connectivity index (χ4n) is 1.43. The molecule has 1 rings (SSSR count). The normalized spacial score (nSPS) is 11.3. The number of ether oxygens (including phenoxy) is 2. The van der Waals surface area contributed by atoms with Crippen LogP contribution in [0.25, 0.3) is 0 Å². The summed E-state index contributed by atoms with van der Waals surface area (Å²) in [5, 5.41) is 2.25. The Morgan fingerprint density at radius 2 is 2.00 bits per heavy atom. The van der Waals surface area contributed by atoms with Gasteiger partial charge in [0.15, 0.2) is 0 Å². The van der Waals surface area contributed by atoms with Crippen LogP contribution in [0.15, 0.2) is 30.4 Å². The molecule has 0 spiro atoms. The zero-order valence-electron chi connectivity index (χ0n) is 11.2. The van der Waals surface area contributed by atoms with E-state index in [2.05, 4.69) is 14.8 Å². The van der Waals surface area contributed by atoms with Crippen molar-refractivity contribution in [2.24, 2.45) is 0 Å². The third-order valence-corrected chi connectivity index (χ3v) is 2.24. The van der Waals surface area contributed by atoms with E-state index in [0.717, 1.165) is 37.5 Å². The number of benzene rings is 1. The van der Waals surface area contributed by atoms with Crippen LogP contribution < -0.4 is 10.1 Å². The molecule has 9 heteroatoms. The minimum Gasteiger partial charge on any atom is -0.465 e. The van der Waals surface area contributed by atoms with Crippen LogP contribution in [0.4, 0.5) is 23.2 Å². The van der Waals surface area contributed by atoms with E-state index in [1.54, 1.807) is 0 Å². The van der Waals surface area contributed by atoms with Crippen LogP contribution in [-0.2, 0) is 9.53 Å². The molecule has 0 saturated heterocycles. The zero-order valence-corrected chi connectivity index (χ0v) is 11.2. The quantitative estimate of drug-likeness (QED) is 0.514. The molecule has 0 aliphatic carbocycles. The first kappa shape index (κ1) is 17.5. The van der Waals surface area contributed by atoms with Crippen molar-refractivity contribution in [2.75, 3.05) is 19.1 Å². The lowest BCUT2D eigenvalue weighted by Gasteiger charge is -2.13. The van der Waals surface area contributed by atoms with E-state index in [0.29, 0.717) is 0 Å². The first-order chi connectivity index (χ1) is 10.3. The Kier molecular flexibility index (Phi) is 5.90. The lowest BCUT2D eigenvalue weighted by molar-refractivity contribution is -0.274. The number of carbonyl (C=O) groups excluding carboxylic acids is 2. The molecule has 120 valence electrons. The number of hydrogen-bond donors (Lipinski definition) is 1. The maximum atomic E-state index is 12.3. The molecule has 0 atom stereocenters. The fraction of sp³-hybridized carbons (Fsp3) is 0.231. The fourth-order valence-corrected chi connectivity index (χ4v) is 1.43. The van der Waals surface area contributed by atoms with E-state index >= 15 is 0 Å². The Morgan fingerprint density at radius 3 is 2.55 bits per heavy atom. The van der Waals surface area contributed by atoms with Gasteiger partial charge < -0.3 is 14.8 Å². The van der Waals surface area contributed by atoms with Crippen molar-refractivity contribution in [3.05, 3.63) is 35.9 Å². The second-order valence-corrected chi connectivity index (χ2v) is 3.80. The largest absolute Gasteiger partial charge is 0.573 e. The Balaban J connectivity index is 3.07. The van der Waals surface area contributed by atoms with E-state index in [1.807, 2.05) is 0 Å². The maximum Gasteiger partial charge on any atom is 0.573 e. The molecule has 22 heavy (non-hydrogen) atoms. The van der Waals surface area contributed by atoms with Crippen molar-refractivity contribution >= 4 is 17.6 Å². The van der Waals surface area contributed by atoms with Gasteiger partial charge in [0.05, 0.1) is 7.11 Å². The molecule has 0 aromatic heterocycles. The highest BCUT2D eigenvalue weighted by Crippen LogP contribution is 2.29. The lowest BCUT2D eigenvalue weighted by atomic mass is 10.1. The van der Waals surface area contributed by atoms with Gasteiger partial charge in [-0.1, -0.05) is 0 Å². The molecular weight excluding hydrogens is 310 g/mol. The number of allylic oxidation sites excluding steroid dienone is 1. The van der Waals surface area contributed by atoms with Crippen LogP contribution in [0.2, 0.25) is 0 Å². The number of alkyl halides is 4. The van der Waals surface area contributed by atoms with Gasteiger partial charge >= 0.3 is 12.3 Å². The average Bonchev–Trinajstić information content (AvgIpc) is 2.44. The van der Waals surface area contributed by atoms with Gasteiger partial charge in [-0.15, -0.1) is 13.2 Å². The van der Waals surface area contributed by atoms with Crippen LogP contribution in [0.1, 0.15) is 10.4 Å². The molecule has 0 unspecified atom stereocenters. The van der Waals surface area contributed by atoms with Gasteiger partial charge in [0.2, 0.25) is 5.91 Å². The third kappa shape index (κ3) is 5.43. The van der Waals surface area contributed by atoms with Crippen LogP contribution >= 0.6 is 0 Å². The summed E-state index contributed by atoms with van der Waals surface area (Å²) in [4.78, 5) is 22.8. The number of anilines is 1. The number of nitrogens with one attached hydrogen (secondary N) is 1. The summed E-state index contributed by atoms with van der Waals surface area (Å²) in [6.45, 7) is -0.848. The minimum absolute atomic E-state index is 0.0171. The predicted molar refractivity (Wildman–Crippen MR) is 68.2 cm³/mol. The summed E-state index contributed by atoms with van der Waals surface area (Å²) in [5.74, 6) is -2.55. The Labute approximate surface area is 122 Å². The number of carbonyl (C=O) groups is 2. The summed E-state index contributed by atoms with van der Waals surface area (Å²) in [7, 11) is 0.981. The summed E-state index contributed by atoms with van der Waals surface area (Å²) < 4.78 is 56.7. The molecule has 0 bridgehead atoms. The number of esters is 1. The van der Waals surface area contributed by atoms with Crippen molar-refractivity contribution in [1.82, 2.24) is 0 Å². The lowest BCUT2D eigenvalue weighted by Crippen LogP contribution is -2.19. The molecular formula is C13H11F4NO4.